The van der Waals surface area contributed by atoms with E-state index in [0.29, 0.717) is 0 Å². The minimum atomic E-state index is 0.960. The number of ether oxygens (including phenoxy) is 1. The maximum atomic E-state index is 5.28. The number of hydrogen-bond acceptors (Lipinski definition) is 2. The molecule has 0 radical (unpaired) electrons. The van der Waals surface area contributed by atoms with Gasteiger partial charge in [-0.05, 0) is 36.8 Å². The van der Waals surface area contributed by atoms with Crippen molar-refractivity contribution in [1.29, 1.82) is 0 Å². The van der Waals surface area contributed by atoms with Crippen molar-refractivity contribution in [3.8, 4) is 5.75 Å². The molecule has 1 aliphatic carbocycles. The predicted molar refractivity (Wildman–Crippen MR) is 61.6 cm³/mol. The Morgan fingerprint density at radius 1 is 1.40 bits per heavy atom. The smallest absolute Gasteiger partial charge is 0.120 e. The molecule has 0 amide bonds. The second-order valence-electron chi connectivity index (χ2n) is 4.63. The van der Waals surface area contributed by atoms with Crippen molar-refractivity contribution < 1.29 is 4.74 Å². The Morgan fingerprint density at radius 3 is 3.00 bits per heavy atom. The lowest BCUT2D eigenvalue weighted by Gasteiger charge is -2.19. The maximum Gasteiger partial charge on any atom is 0.120 e. The quantitative estimate of drug-likeness (QED) is 0.748. The molecular weight excluding hydrogens is 186 g/mol. The van der Waals surface area contributed by atoms with Crippen LogP contribution < -0.4 is 9.64 Å². The van der Waals surface area contributed by atoms with Gasteiger partial charge < -0.3 is 9.64 Å². The molecule has 1 aromatic rings. The Hall–Kier alpha value is -1.18. The van der Waals surface area contributed by atoms with Crippen LogP contribution in [0.25, 0.3) is 0 Å². The van der Waals surface area contributed by atoms with Crippen molar-refractivity contribution in [2.45, 2.75) is 19.3 Å². The van der Waals surface area contributed by atoms with Crippen LogP contribution >= 0.6 is 0 Å². The fourth-order valence-electron chi connectivity index (χ4n) is 2.35. The van der Waals surface area contributed by atoms with E-state index >= 15 is 0 Å². The highest BCUT2D eigenvalue weighted by Gasteiger charge is 2.27. The molecule has 0 aromatic heterocycles. The third kappa shape index (κ3) is 1.69. The van der Waals surface area contributed by atoms with Gasteiger partial charge in [-0.2, -0.15) is 0 Å². The van der Waals surface area contributed by atoms with Crippen LogP contribution in [0.4, 0.5) is 5.69 Å². The lowest BCUT2D eigenvalue weighted by molar-refractivity contribution is 0.415. The van der Waals surface area contributed by atoms with Gasteiger partial charge in [-0.3, -0.25) is 0 Å². The zero-order valence-electron chi connectivity index (χ0n) is 9.20. The summed E-state index contributed by atoms with van der Waals surface area (Å²) in [6.45, 7) is 2.44. The van der Waals surface area contributed by atoms with E-state index in [2.05, 4.69) is 23.1 Å². The Kier molecular flexibility index (Phi) is 2.08. The molecule has 1 heterocycles. The normalized spacial score (nSPS) is 19.1. The summed E-state index contributed by atoms with van der Waals surface area (Å²) in [6, 6.07) is 6.46. The molecule has 80 valence electrons. The Bertz CT molecular complexity index is 371. The largest absolute Gasteiger partial charge is 0.497 e. The summed E-state index contributed by atoms with van der Waals surface area (Å²) in [4.78, 5) is 2.52. The zero-order valence-corrected chi connectivity index (χ0v) is 9.20. The molecule has 0 atom stereocenters. The highest BCUT2D eigenvalue weighted by Crippen LogP contribution is 2.36. The van der Waals surface area contributed by atoms with Gasteiger partial charge in [0.15, 0.2) is 0 Å². The first-order chi connectivity index (χ1) is 7.36. The SMILES string of the molecule is COc1ccc2c(c1)N(CC1CC1)CC2. The van der Waals surface area contributed by atoms with Crippen molar-refractivity contribution in [1.82, 2.24) is 0 Å². The van der Waals surface area contributed by atoms with E-state index < -0.39 is 0 Å². The van der Waals surface area contributed by atoms with Crippen LogP contribution in [0.5, 0.6) is 5.75 Å². The Balaban J connectivity index is 1.85. The van der Waals surface area contributed by atoms with Crippen molar-refractivity contribution in [3.63, 3.8) is 0 Å². The summed E-state index contributed by atoms with van der Waals surface area (Å²) < 4.78 is 5.28. The van der Waals surface area contributed by atoms with Crippen LogP contribution in [0.1, 0.15) is 18.4 Å². The molecule has 0 N–H and O–H groups in total. The molecule has 1 saturated carbocycles. The Labute approximate surface area is 90.8 Å². The number of rotatable bonds is 3. The van der Waals surface area contributed by atoms with Crippen LogP contribution in [0.3, 0.4) is 0 Å². The number of fused-ring (bicyclic) bond motifs is 1. The number of nitrogens with zero attached hydrogens (tertiary/aromatic N) is 1. The predicted octanol–water partition coefficient (Wildman–Crippen LogP) is 2.47. The number of hydrogen-bond donors (Lipinski definition) is 0. The molecule has 0 bridgehead atoms. The third-order valence-electron chi connectivity index (χ3n) is 3.46. The lowest BCUT2D eigenvalue weighted by atomic mass is 10.1. The molecule has 2 aliphatic rings. The fraction of sp³-hybridized carbons (Fsp3) is 0.538. The molecule has 3 rings (SSSR count). The summed E-state index contributed by atoms with van der Waals surface area (Å²) in [5.74, 6) is 1.94. The van der Waals surface area contributed by atoms with Gasteiger partial charge in [0.1, 0.15) is 5.75 Å². The molecule has 2 nitrogen and oxygen atoms in total. The van der Waals surface area contributed by atoms with Crippen LogP contribution in [0.15, 0.2) is 18.2 Å². The standard InChI is InChI=1S/C13H17NO/c1-15-12-5-4-11-6-7-14(13(11)8-12)9-10-2-3-10/h4-5,8,10H,2-3,6-7,9H2,1H3. The fourth-order valence-corrected chi connectivity index (χ4v) is 2.35. The molecule has 0 saturated heterocycles. The van der Waals surface area contributed by atoms with Gasteiger partial charge in [0, 0.05) is 24.8 Å². The zero-order chi connectivity index (χ0) is 10.3. The van der Waals surface area contributed by atoms with Crippen molar-refractivity contribution >= 4 is 5.69 Å². The average molecular weight is 203 g/mol. The van der Waals surface area contributed by atoms with Crippen LogP contribution in [-0.2, 0) is 6.42 Å². The summed E-state index contributed by atoms with van der Waals surface area (Å²) in [7, 11) is 1.74. The highest BCUT2D eigenvalue weighted by atomic mass is 16.5. The molecule has 0 unspecified atom stereocenters. The first-order valence-corrected chi connectivity index (χ1v) is 5.78. The molecule has 1 fully saturated rings. The van der Waals surface area contributed by atoms with Crippen molar-refractivity contribution in [2.24, 2.45) is 5.92 Å². The molecule has 2 heteroatoms. The minimum absolute atomic E-state index is 0.960. The van der Waals surface area contributed by atoms with Crippen LogP contribution in [-0.4, -0.2) is 20.2 Å². The summed E-state index contributed by atoms with van der Waals surface area (Å²) in [5.41, 5.74) is 2.89. The maximum absolute atomic E-state index is 5.28. The van der Waals surface area contributed by atoms with Gasteiger partial charge in [0.25, 0.3) is 0 Å². The summed E-state index contributed by atoms with van der Waals surface area (Å²) >= 11 is 0. The molecular formula is C13H17NO. The minimum Gasteiger partial charge on any atom is -0.497 e. The molecule has 1 aromatic carbocycles. The van der Waals surface area contributed by atoms with Gasteiger partial charge in [-0.25, -0.2) is 0 Å². The van der Waals surface area contributed by atoms with Gasteiger partial charge in [0.05, 0.1) is 7.11 Å². The first-order valence-electron chi connectivity index (χ1n) is 5.78. The first kappa shape index (κ1) is 9.08. The van der Waals surface area contributed by atoms with E-state index in [9.17, 15) is 0 Å². The topological polar surface area (TPSA) is 12.5 Å². The van der Waals surface area contributed by atoms with E-state index in [1.165, 1.54) is 43.6 Å². The lowest BCUT2D eigenvalue weighted by Crippen LogP contribution is -2.22. The van der Waals surface area contributed by atoms with Crippen LogP contribution in [0, 0.1) is 5.92 Å². The summed E-state index contributed by atoms with van der Waals surface area (Å²) in [6.07, 6.45) is 4.05. The molecule has 15 heavy (non-hydrogen) atoms. The summed E-state index contributed by atoms with van der Waals surface area (Å²) in [5, 5.41) is 0. The monoisotopic (exact) mass is 203 g/mol. The van der Waals surface area contributed by atoms with E-state index in [-0.39, 0.29) is 0 Å². The Morgan fingerprint density at radius 2 is 2.27 bits per heavy atom. The van der Waals surface area contributed by atoms with E-state index in [1.54, 1.807) is 7.11 Å². The highest BCUT2D eigenvalue weighted by molar-refractivity contribution is 5.61. The molecule has 0 spiro atoms. The number of anilines is 1. The van der Waals surface area contributed by atoms with Gasteiger partial charge in [-0.1, -0.05) is 6.07 Å². The second-order valence-corrected chi connectivity index (χ2v) is 4.63. The number of methoxy groups -OCH3 is 1. The third-order valence-corrected chi connectivity index (χ3v) is 3.46. The van der Waals surface area contributed by atoms with Gasteiger partial charge >= 0.3 is 0 Å². The van der Waals surface area contributed by atoms with E-state index in [0.717, 1.165) is 11.7 Å². The van der Waals surface area contributed by atoms with E-state index in [1.807, 2.05) is 0 Å². The van der Waals surface area contributed by atoms with Crippen molar-refractivity contribution in [2.75, 3.05) is 25.1 Å². The molecule has 1 aliphatic heterocycles. The van der Waals surface area contributed by atoms with Gasteiger partial charge in [-0.15, -0.1) is 0 Å². The number of benzene rings is 1. The van der Waals surface area contributed by atoms with Crippen molar-refractivity contribution in [3.05, 3.63) is 23.8 Å². The van der Waals surface area contributed by atoms with Crippen LogP contribution in [0.2, 0.25) is 0 Å². The van der Waals surface area contributed by atoms with E-state index in [4.69, 9.17) is 4.74 Å². The average Bonchev–Trinajstić information content (AvgIpc) is 3.00. The second kappa shape index (κ2) is 3.44. The van der Waals surface area contributed by atoms with Gasteiger partial charge in [0.2, 0.25) is 0 Å².